The Morgan fingerprint density at radius 3 is 1.60 bits per heavy atom. The van der Waals surface area contributed by atoms with Crippen LogP contribution in [0.25, 0.3) is 0 Å². The average Bonchev–Trinajstić information content (AvgIpc) is 3.59. The highest BCUT2D eigenvalue weighted by Gasteiger charge is 2.40. The van der Waals surface area contributed by atoms with Crippen LogP contribution in [0.15, 0.2) is 4.99 Å². The van der Waals surface area contributed by atoms with Crippen LogP contribution in [0.3, 0.4) is 0 Å². The first-order valence-electron chi connectivity index (χ1n) is 16.4. The Morgan fingerprint density at radius 1 is 0.655 bits per heavy atom. The van der Waals surface area contributed by atoms with Crippen LogP contribution in [0.5, 0.6) is 0 Å². The predicted molar refractivity (Wildman–Crippen MR) is 181 cm³/mol. The van der Waals surface area contributed by atoms with Gasteiger partial charge < -0.3 is 79.3 Å². The molecule has 0 aromatic carbocycles. The summed E-state index contributed by atoms with van der Waals surface area (Å²) < 4.78 is 0. The van der Waals surface area contributed by atoms with Crippen LogP contribution >= 0.6 is 0 Å². The molecule has 0 unspecified atom stereocenters. The number of aliphatic hydroxyl groups is 2. The summed E-state index contributed by atoms with van der Waals surface area (Å²) in [5, 5.41) is 66.1. The second-order valence-corrected chi connectivity index (χ2v) is 12.0. The van der Waals surface area contributed by atoms with Gasteiger partial charge in [-0.25, -0.2) is 4.79 Å². The maximum Gasteiger partial charge on any atom is 0.328 e. The van der Waals surface area contributed by atoms with Crippen molar-refractivity contribution in [1.29, 1.82) is 0 Å². The van der Waals surface area contributed by atoms with E-state index in [0.717, 1.165) is 4.90 Å². The number of likely N-dealkylation sites (tertiary alicyclic amines) is 1. The quantitative estimate of drug-likeness (QED) is 0.0245. The van der Waals surface area contributed by atoms with E-state index in [1.165, 1.54) is 0 Å². The normalized spacial score (nSPS) is 16.8. The maximum atomic E-state index is 13.8. The fourth-order valence-electron chi connectivity index (χ4n) is 5.06. The summed E-state index contributed by atoms with van der Waals surface area (Å²) in [6.07, 6.45) is -2.94. The van der Waals surface area contributed by atoms with Gasteiger partial charge in [-0.1, -0.05) is 0 Å². The van der Waals surface area contributed by atoms with Gasteiger partial charge in [0, 0.05) is 13.1 Å². The van der Waals surface area contributed by atoms with E-state index in [4.69, 9.17) is 22.3 Å². The molecule has 26 nitrogen and oxygen atoms in total. The Balaban J connectivity index is 3.27. The van der Waals surface area contributed by atoms with E-state index in [9.17, 15) is 73.5 Å². The Labute approximate surface area is 311 Å². The molecule has 1 saturated heterocycles. The van der Waals surface area contributed by atoms with E-state index in [1.54, 1.807) is 0 Å². The zero-order valence-electron chi connectivity index (χ0n) is 29.2. The number of nitrogens with two attached hydrogens (primary N) is 3. The fraction of sp³-hybridized carbons (Fsp3) is 0.621. The Kier molecular flexibility index (Phi) is 19.4. The van der Waals surface area contributed by atoms with Crippen molar-refractivity contribution in [3.63, 3.8) is 0 Å². The van der Waals surface area contributed by atoms with Gasteiger partial charge in [0.05, 0.1) is 38.5 Å². The summed E-state index contributed by atoms with van der Waals surface area (Å²) in [4.78, 5) is 128. The highest BCUT2D eigenvalue weighted by atomic mass is 16.4. The van der Waals surface area contributed by atoms with Crippen molar-refractivity contribution in [2.24, 2.45) is 22.2 Å². The second kappa shape index (κ2) is 22.8. The molecular formula is C29H46N10O16. The number of nitrogens with one attached hydrogen (secondary N) is 5. The molecule has 0 bridgehead atoms. The molecule has 0 aliphatic carbocycles. The van der Waals surface area contributed by atoms with Crippen molar-refractivity contribution < 1.29 is 78.6 Å². The van der Waals surface area contributed by atoms with Crippen LogP contribution in [0.4, 0.5) is 0 Å². The molecule has 0 spiro atoms. The zero-order valence-corrected chi connectivity index (χ0v) is 29.2. The van der Waals surface area contributed by atoms with E-state index in [-0.39, 0.29) is 44.7 Å². The summed E-state index contributed by atoms with van der Waals surface area (Å²) in [5.41, 5.74) is 16.1. The van der Waals surface area contributed by atoms with Gasteiger partial charge in [0.1, 0.15) is 36.3 Å². The minimum absolute atomic E-state index is 0.0317. The number of nitrogens with zero attached hydrogens (tertiary/aromatic N) is 2. The van der Waals surface area contributed by atoms with Gasteiger partial charge in [-0.05, 0) is 25.7 Å². The third-order valence-electron chi connectivity index (χ3n) is 7.77. The summed E-state index contributed by atoms with van der Waals surface area (Å²) in [6.45, 7) is -2.25. The highest BCUT2D eigenvalue weighted by molar-refractivity contribution is 5.99. The SMILES string of the molecule is NC(N)=NCCC[C@H](NC(=O)[C@H](CC(=O)O)NC(=O)[C@H](CO)NC(=O)[C@H](CC(=O)O)NC(=O)[C@@H](N)CC(=O)O)C(=O)N1CCC[C@H]1C(=O)N[C@@H](CO)C(=O)O. The van der Waals surface area contributed by atoms with Gasteiger partial charge in [0.25, 0.3) is 0 Å². The van der Waals surface area contributed by atoms with E-state index in [1.807, 2.05) is 16.0 Å². The van der Waals surface area contributed by atoms with Gasteiger partial charge in [-0.2, -0.15) is 0 Å². The monoisotopic (exact) mass is 790 g/mol. The summed E-state index contributed by atoms with van der Waals surface area (Å²) in [6, 6.07) is -12.1. The molecule has 1 rings (SSSR count). The minimum atomic E-state index is -1.99. The van der Waals surface area contributed by atoms with Gasteiger partial charge in [0.15, 0.2) is 5.96 Å². The molecule has 1 fully saturated rings. The summed E-state index contributed by atoms with van der Waals surface area (Å²) in [5.74, 6) is -13.7. The molecule has 0 aromatic heterocycles. The number of carboxylic acid groups (broad SMARTS) is 4. The van der Waals surface area contributed by atoms with Crippen molar-refractivity contribution in [1.82, 2.24) is 31.5 Å². The third-order valence-corrected chi connectivity index (χ3v) is 7.77. The maximum absolute atomic E-state index is 13.8. The van der Waals surface area contributed by atoms with Gasteiger partial charge in [-0.3, -0.25) is 48.1 Å². The van der Waals surface area contributed by atoms with Crippen molar-refractivity contribution in [3.8, 4) is 0 Å². The summed E-state index contributed by atoms with van der Waals surface area (Å²) >= 11 is 0. The van der Waals surface area contributed by atoms with Crippen molar-refractivity contribution in [3.05, 3.63) is 0 Å². The molecule has 1 heterocycles. The number of guanidine groups is 1. The number of carbonyl (C=O) groups excluding carboxylic acids is 6. The minimum Gasteiger partial charge on any atom is -0.481 e. The molecule has 7 atom stereocenters. The molecule has 17 N–H and O–H groups in total. The molecule has 55 heavy (non-hydrogen) atoms. The smallest absolute Gasteiger partial charge is 0.328 e. The lowest BCUT2D eigenvalue weighted by Gasteiger charge is -2.30. The molecule has 1 aliphatic rings. The molecule has 0 aromatic rings. The number of aliphatic imine (C=N–C) groups is 1. The van der Waals surface area contributed by atoms with E-state index in [2.05, 4.69) is 15.6 Å². The van der Waals surface area contributed by atoms with E-state index < -0.39 is 134 Å². The third kappa shape index (κ3) is 16.2. The van der Waals surface area contributed by atoms with Gasteiger partial charge in [0.2, 0.25) is 35.4 Å². The van der Waals surface area contributed by atoms with Crippen LogP contribution in [0, 0.1) is 0 Å². The number of rotatable bonds is 24. The lowest BCUT2D eigenvalue weighted by atomic mass is 10.1. The van der Waals surface area contributed by atoms with Crippen LogP contribution < -0.4 is 43.8 Å². The van der Waals surface area contributed by atoms with E-state index in [0.29, 0.717) is 0 Å². The average molecular weight is 791 g/mol. The van der Waals surface area contributed by atoms with E-state index >= 15 is 0 Å². The number of hydrogen-bond donors (Lipinski definition) is 14. The lowest BCUT2D eigenvalue weighted by Crippen LogP contribution is -2.60. The van der Waals surface area contributed by atoms with Crippen LogP contribution in [-0.4, -0.2) is 169 Å². The van der Waals surface area contributed by atoms with Gasteiger partial charge in [-0.15, -0.1) is 0 Å². The largest absolute Gasteiger partial charge is 0.481 e. The number of carbonyl (C=O) groups is 10. The molecular weight excluding hydrogens is 744 g/mol. The second-order valence-electron chi connectivity index (χ2n) is 12.0. The molecule has 308 valence electrons. The Morgan fingerprint density at radius 2 is 1.13 bits per heavy atom. The standard InChI is InChI=1S/C29H46N10O16/c30-12(7-19(42)43)22(48)35-14(8-20(44)45)24(50)37-16(10-40)25(51)36-15(9-21(46)47)23(49)34-13(3-1-5-33-29(31)32)27(53)39-6-2-4-18(39)26(52)38-17(11-41)28(54)55/h12-18,40-41H,1-11,30H2,(H,34,49)(H,35,48)(H,36,51)(H,37,50)(H,38,52)(H,42,43)(H,44,45)(H,46,47)(H,54,55)(H4,31,32,33)/t12-,13-,14-,15-,16-,17-,18-/m0/s1. The Hall–Kier alpha value is -6.15. The first kappa shape index (κ1) is 46.9. The lowest BCUT2D eigenvalue weighted by molar-refractivity contribution is -0.146. The zero-order chi connectivity index (χ0) is 42.0. The first-order chi connectivity index (χ1) is 25.7. The number of aliphatic carboxylic acids is 4. The fourth-order valence-corrected chi connectivity index (χ4v) is 5.06. The predicted octanol–water partition coefficient (Wildman–Crippen LogP) is -7.72. The Bertz CT molecular complexity index is 1490. The topological polar surface area (TPSA) is 446 Å². The van der Waals surface area contributed by atoms with Gasteiger partial charge >= 0.3 is 23.9 Å². The first-order valence-corrected chi connectivity index (χ1v) is 16.4. The van der Waals surface area contributed by atoms with Crippen molar-refractivity contribution in [2.45, 2.75) is 87.2 Å². The van der Waals surface area contributed by atoms with Crippen molar-refractivity contribution in [2.75, 3.05) is 26.3 Å². The summed E-state index contributed by atoms with van der Waals surface area (Å²) in [7, 11) is 0. The molecule has 1 aliphatic heterocycles. The van der Waals surface area contributed by atoms with Crippen LogP contribution in [-0.2, 0) is 47.9 Å². The molecule has 0 radical (unpaired) electrons. The van der Waals surface area contributed by atoms with Crippen LogP contribution in [0.1, 0.15) is 44.9 Å². The highest BCUT2D eigenvalue weighted by Crippen LogP contribution is 2.20. The number of amides is 6. The molecule has 6 amide bonds. The molecule has 0 saturated carbocycles. The number of hydrogen-bond acceptors (Lipinski definition) is 14. The number of aliphatic hydroxyl groups excluding tert-OH is 2. The number of carboxylic acids is 4. The molecule has 26 heteroatoms. The van der Waals surface area contributed by atoms with Crippen LogP contribution in [0.2, 0.25) is 0 Å². The van der Waals surface area contributed by atoms with Crippen molar-refractivity contribution >= 4 is 65.3 Å².